The average molecular weight is 300 g/mol. The molecule has 0 aliphatic heterocycles. The smallest absolute Gasteiger partial charge is 0.292 e. The van der Waals surface area contributed by atoms with E-state index in [9.17, 15) is 4.79 Å². The molecule has 2 rings (SSSR count). The normalized spacial score (nSPS) is 11.2. The lowest BCUT2D eigenvalue weighted by Gasteiger charge is -2.26. The first-order chi connectivity index (χ1) is 10.4. The van der Waals surface area contributed by atoms with Crippen molar-refractivity contribution in [1.82, 2.24) is 9.88 Å². The molecule has 1 aromatic heterocycles. The second kappa shape index (κ2) is 6.77. The molecule has 118 valence electrons. The summed E-state index contributed by atoms with van der Waals surface area (Å²) >= 11 is 0. The van der Waals surface area contributed by atoms with Gasteiger partial charge in [0, 0.05) is 19.5 Å². The molecule has 1 heterocycles. The third-order valence-corrected chi connectivity index (χ3v) is 3.58. The van der Waals surface area contributed by atoms with E-state index in [0.717, 1.165) is 11.3 Å². The Balaban J connectivity index is 2.31. The van der Waals surface area contributed by atoms with E-state index in [1.54, 1.807) is 6.92 Å². The minimum atomic E-state index is -0.0943. The van der Waals surface area contributed by atoms with Crippen molar-refractivity contribution in [3.63, 3.8) is 0 Å². The van der Waals surface area contributed by atoms with E-state index in [1.165, 1.54) is 0 Å². The first-order valence-corrected chi connectivity index (χ1v) is 7.72. The number of aromatic nitrogens is 1. The molecule has 0 saturated heterocycles. The van der Waals surface area contributed by atoms with Crippen molar-refractivity contribution in [2.45, 2.75) is 53.1 Å². The number of nitrogens with zero attached hydrogens (tertiary/aromatic N) is 2. The van der Waals surface area contributed by atoms with Gasteiger partial charge in [-0.3, -0.25) is 4.79 Å². The number of aryl methyl sites for hydroxylation is 1. The van der Waals surface area contributed by atoms with Gasteiger partial charge in [-0.2, -0.15) is 0 Å². The van der Waals surface area contributed by atoms with Crippen molar-refractivity contribution in [1.29, 1.82) is 0 Å². The Morgan fingerprint density at radius 3 is 2.36 bits per heavy atom. The molecule has 0 spiro atoms. The van der Waals surface area contributed by atoms with Gasteiger partial charge in [0.05, 0.1) is 5.69 Å². The molecule has 1 amide bonds. The van der Waals surface area contributed by atoms with Crippen LogP contribution >= 0.6 is 0 Å². The number of benzene rings is 1. The van der Waals surface area contributed by atoms with Crippen LogP contribution in [0.1, 0.15) is 61.3 Å². The summed E-state index contributed by atoms with van der Waals surface area (Å²) in [6, 6.07) is 10.1. The predicted octanol–water partition coefficient (Wildman–Crippen LogP) is 4.16. The molecular formula is C18H24N2O2. The van der Waals surface area contributed by atoms with Gasteiger partial charge in [0.2, 0.25) is 5.76 Å². The van der Waals surface area contributed by atoms with E-state index in [0.29, 0.717) is 18.2 Å². The highest BCUT2D eigenvalue weighted by molar-refractivity contribution is 5.92. The Morgan fingerprint density at radius 2 is 1.82 bits per heavy atom. The highest BCUT2D eigenvalue weighted by Crippen LogP contribution is 2.23. The van der Waals surface area contributed by atoms with Crippen LogP contribution in [-0.4, -0.2) is 21.8 Å². The molecule has 2 aromatic rings. The number of oxazole rings is 1. The zero-order valence-corrected chi connectivity index (χ0v) is 14.0. The summed E-state index contributed by atoms with van der Waals surface area (Å²) in [7, 11) is 0. The Labute approximate surface area is 132 Å². The van der Waals surface area contributed by atoms with Crippen LogP contribution in [0, 0.1) is 6.92 Å². The molecule has 0 unspecified atom stereocenters. The fraction of sp³-hybridized carbons (Fsp3) is 0.444. The Bertz CT molecular complexity index is 630. The minimum Gasteiger partial charge on any atom is -0.436 e. The van der Waals surface area contributed by atoms with Crippen molar-refractivity contribution in [3.8, 4) is 0 Å². The number of rotatable bonds is 5. The van der Waals surface area contributed by atoms with Gasteiger partial charge >= 0.3 is 0 Å². The lowest BCUT2D eigenvalue weighted by Crippen LogP contribution is -2.36. The second-order valence-corrected chi connectivity index (χ2v) is 6.11. The van der Waals surface area contributed by atoms with Crippen LogP contribution in [0.5, 0.6) is 0 Å². The highest BCUT2D eigenvalue weighted by Gasteiger charge is 2.27. The lowest BCUT2D eigenvalue weighted by atomic mass is 10.1. The first-order valence-electron chi connectivity index (χ1n) is 7.72. The molecule has 0 radical (unpaired) electrons. The summed E-state index contributed by atoms with van der Waals surface area (Å²) in [5, 5.41) is 0. The number of carbonyl (C=O) groups is 1. The van der Waals surface area contributed by atoms with Crippen LogP contribution in [0.3, 0.4) is 0 Å². The van der Waals surface area contributed by atoms with Gasteiger partial charge in [-0.05, 0) is 25.3 Å². The van der Waals surface area contributed by atoms with Gasteiger partial charge in [0.1, 0.15) is 0 Å². The topological polar surface area (TPSA) is 46.3 Å². The second-order valence-electron chi connectivity index (χ2n) is 6.11. The predicted molar refractivity (Wildman–Crippen MR) is 86.8 cm³/mol. The van der Waals surface area contributed by atoms with E-state index >= 15 is 0 Å². The molecule has 1 aromatic carbocycles. The first kappa shape index (κ1) is 16.3. The highest BCUT2D eigenvalue weighted by atomic mass is 16.4. The van der Waals surface area contributed by atoms with E-state index in [-0.39, 0.29) is 17.9 Å². The number of hydrogen-bond donors (Lipinski definition) is 0. The van der Waals surface area contributed by atoms with Crippen LogP contribution in [0.15, 0.2) is 34.7 Å². The quantitative estimate of drug-likeness (QED) is 0.833. The van der Waals surface area contributed by atoms with Crippen molar-refractivity contribution in [3.05, 3.63) is 53.2 Å². The van der Waals surface area contributed by atoms with Crippen molar-refractivity contribution in [2.75, 3.05) is 0 Å². The minimum absolute atomic E-state index is 0.0816. The van der Waals surface area contributed by atoms with Crippen LogP contribution in [0.25, 0.3) is 0 Å². The van der Waals surface area contributed by atoms with Crippen molar-refractivity contribution < 1.29 is 9.21 Å². The fourth-order valence-corrected chi connectivity index (χ4v) is 2.39. The SMILES string of the molecule is Cc1nc(C(C)C)c(C(=O)N(Cc2ccccc2)C(C)C)o1. The summed E-state index contributed by atoms with van der Waals surface area (Å²) in [6.07, 6.45) is 0. The van der Waals surface area contributed by atoms with Crippen molar-refractivity contribution in [2.24, 2.45) is 0 Å². The van der Waals surface area contributed by atoms with Gasteiger partial charge in [-0.15, -0.1) is 0 Å². The summed E-state index contributed by atoms with van der Waals surface area (Å²) in [5.74, 6) is 0.970. The van der Waals surface area contributed by atoms with Gasteiger partial charge in [-0.25, -0.2) is 4.98 Å². The molecule has 0 N–H and O–H groups in total. The monoisotopic (exact) mass is 300 g/mol. The van der Waals surface area contributed by atoms with Crippen LogP contribution in [-0.2, 0) is 6.54 Å². The van der Waals surface area contributed by atoms with Gasteiger partial charge in [0.15, 0.2) is 5.89 Å². The molecule has 0 bridgehead atoms. The largest absolute Gasteiger partial charge is 0.436 e. The Kier molecular flexibility index (Phi) is 5.01. The lowest BCUT2D eigenvalue weighted by molar-refractivity contribution is 0.0654. The third-order valence-electron chi connectivity index (χ3n) is 3.58. The Hall–Kier alpha value is -2.10. The van der Waals surface area contributed by atoms with Crippen LogP contribution < -0.4 is 0 Å². The standard InChI is InChI=1S/C18H24N2O2/c1-12(2)16-17(22-14(5)19-16)18(21)20(13(3)4)11-15-9-7-6-8-10-15/h6-10,12-13H,11H2,1-5H3. The van der Waals surface area contributed by atoms with Gasteiger partial charge in [-0.1, -0.05) is 44.2 Å². The zero-order valence-electron chi connectivity index (χ0n) is 14.0. The maximum Gasteiger partial charge on any atom is 0.292 e. The summed E-state index contributed by atoms with van der Waals surface area (Å²) in [4.78, 5) is 19.1. The molecule has 0 fully saturated rings. The van der Waals surface area contributed by atoms with Crippen LogP contribution in [0.4, 0.5) is 0 Å². The molecule has 0 aliphatic rings. The van der Waals surface area contributed by atoms with Crippen LogP contribution in [0.2, 0.25) is 0 Å². The van der Waals surface area contributed by atoms with E-state index in [1.807, 2.05) is 62.9 Å². The van der Waals surface area contributed by atoms with Gasteiger partial charge < -0.3 is 9.32 Å². The summed E-state index contributed by atoms with van der Waals surface area (Å²) in [5.41, 5.74) is 1.84. The van der Waals surface area contributed by atoms with E-state index < -0.39 is 0 Å². The molecule has 4 nitrogen and oxygen atoms in total. The Morgan fingerprint density at radius 1 is 1.18 bits per heavy atom. The maximum atomic E-state index is 12.9. The third kappa shape index (κ3) is 3.56. The average Bonchev–Trinajstić information content (AvgIpc) is 2.87. The van der Waals surface area contributed by atoms with E-state index in [4.69, 9.17) is 4.42 Å². The van der Waals surface area contributed by atoms with Gasteiger partial charge in [0.25, 0.3) is 5.91 Å². The fourth-order valence-electron chi connectivity index (χ4n) is 2.39. The molecule has 22 heavy (non-hydrogen) atoms. The molecular weight excluding hydrogens is 276 g/mol. The molecule has 0 saturated carbocycles. The number of amides is 1. The molecule has 0 aliphatic carbocycles. The number of hydrogen-bond acceptors (Lipinski definition) is 3. The number of carbonyl (C=O) groups excluding carboxylic acids is 1. The zero-order chi connectivity index (χ0) is 16.3. The maximum absolute atomic E-state index is 12.9. The summed E-state index contributed by atoms with van der Waals surface area (Å²) < 4.78 is 5.60. The van der Waals surface area contributed by atoms with Crippen molar-refractivity contribution >= 4 is 5.91 Å². The summed E-state index contributed by atoms with van der Waals surface area (Å²) in [6.45, 7) is 10.4. The molecule has 0 atom stereocenters. The van der Waals surface area contributed by atoms with E-state index in [2.05, 4.69) is 4.98 Å². The molecule has 4 heteroatoms.